The number of pyridine rings is 1. The molecule has 1 fully saturated rings. The number of rotatable bonds is 8. The summed E-state index contributed by atoms with van der Waals surface area (Å²) in [6.07, 6.45) is 3.97. The number of nitrogens with zero attached hydrogens (tertiary/aromatic N) is 5. The van der Waals surface area contributed by atoms with E-state index in [0.29, 0.717) is 0 Å². The number of aryl methyl sites for hydroxylation is 1. The SMILES string of the molecule is Cc1ccccc1N(CCCCN)Cc1nc2nccc(N3CCN(C)CC3)c2[nH]1. The molecule has 3 heterocycles. The summed E-state index contributed by atoms with van der Waals surface area (Å²) < 4.78 is 0. The third-order valence-electron chi connectivity index (χ3n) is 5.94. The van der Waals surface area contributed by atoms with Gasteiger partial charge in [-0.1, -0.05) is 18.2 Å². The van der Waals surface area contributed by atoms with Crippen LogP contribution in [0, 0.1) is 6.92 Å². The Bertz CT molecular complexity index is 959. The Labute approximate surface area is 178 Å². The molecular weight excluding hydrogens is 374 g/mol. The number of hydrogen-bond donors (Lipinski definition) is 2. The van der Waals surface area contributed by atoms with Gasteiger partial charge in [0.05, 0.1) is 12.2 Å². The fourth-order valence-electron chi connectivity index (χ4n) is 4.16. The van der Waals surface area contributed by atoms with Crippen LogP contribution in [0.4, 0.5) is 11.4 Å². The van der Waals surface area contributed by atoms with Gasteiger partial charge in [-0.15, -0.1) is 0 Å². The van der Waals surface area contributed by atoms with E-state index in [-0.39, 0.29) is 0 Å². The zero-order valence-electron chi connectivity index (χ0n) is 18.1. The Hall–Kier alpha value is -2.64. The topological polar surface area (TPSA) is 77.3 Å². The second kappa shape index (κ2) is 9.45. The number of imidazole rings is 1. The Kier molecular flexibility index (Phi) is 6.50. The molecule has 1 saturated heterocycles. The third-order valence-corrected chi connectivity index (χ3v) is 5.94. The Balaban J connectivity index is 1.59. The van der Waals surface area contributed by atoms with Crippen molar-refractivity contribution in [1.82, 2.24) is 19.9 Å². The molecule has 3 aromatic rings. The fourth-order valence-corrected chi connectivity index (χ4v) is 4.16. The van der Waals surface area contributed by atoms with Crippen LogP contribution >= 0.6 is 0 Å². The second-order valence-corrected chi connectivity index (χ2v) is 8.21. The molecule has 0 saturated carbocycles. The zero-order chi connectivity index (χ0) is 20.9. The summed E-state index contributed by atoms with van der Waals surface area (Å²) in [5.74, 6) is 0.954. The first-order valence-corrected chi connectivity index (χ1v) is 10.9. The lowest BCUT2D eigenvalue weighted by Gasteiger charge is -2.34. The van der Waals surface area contributed by atoms with Crippen LogP contribution in [-0.4, -0.2) is 66.2 Å². The molecule has 7 nitrogen and oxygen atoms in total. The van der Waals surface area contributed by atoms with E-state index in [1.165, 1.54) is 16.9 Å². The molecule has 0 unspecified atom stereocenters. The Morgan fingerprint density at radius 3 is 2.67 bits per heavy atom. The van der Waals surface area contributed by atoms with Crippen LogP contribution < -0.4 is 15.5 Å². The van der Waals surface area contributed by atoms with Crippen LogP contribution in [0.25, 0.3) is 11.2 Å². The minimum atomic E-state index is 0.727. The van der Waals surface area contributed by atoms with Crippen LogP contribution in [0.3, 0.4) is 0 Å². The summed E-state index contributed by atoms with van der Waals surface area (Å²) in [5.41, 5.74) is 11.3. The second-order valence-electron chi connectivity index (χ2n) is 8.21. The highest BCUT2D eigenvalue weighted by Crippen LogP contribution is 2.26. The summed E-state index contributed by atoms with van der Waals surface area (Å²) in [5, 5.41) is 0. The van der Waals surface area contributed by atoms with E-state index in [1.54, 1.807) is 0 Å². The lowest BCUT2D eigenvalue weighted by Crippen LogP contribution is -2.44. The zero-order valence-corrected chi connectivity index (χ0v) is 18.1. The van der Waals surface area contributed by atoms with Gasteiger partial charge in [0.15, 0.2) is 5.65 Å². The molecule has 2 aromatic heterocycles. The highest BCUT2D eigenvalue weighted by atomic mass is 15.3. The van der Waals surface area contributed by atoms with Crippen molar-refractivity contribution in [3.8, 4) is 0 Å². The first-order valence-electron chi connectivity index (χ1n) is 10.9. The highest BCUT2D eigenvalue weighted by molar-refractivity contribution is 5.86. The van der Waals surface area contributed by atoms with Gasteiger partial charge < -0.3 is 25.4 Å². The number of benzene rings is 1. The van der Waals surface area contributed by atoms with Gasteiger partial charge in [-0.3, -0.25) is 0 Å². The van der Waals surface area contributed by atoms with E-state index in [1.807, 2.05) is 6.20 Å². The van der Waals surface area contributed by atoms with Gasteiger partial charge in [0.2, 0.25) is 0 Å². The number of aromatic nitrogens is 3. The van der Waals surface area contributed by atoms with E-state index >= 15 is 0 Å². The van der Waals surface area contributed by atoms with E-state index < -0.39 is 0 Å². The molecule has 3 N–H and O–H groups in total. The summed E-state index contributed by atoms with van der Waals surface area (Å²) in [7, 11) is 2.18. The highest BCUT2D eigenvalue weighted by Gasteiger charge is 2.19. The number of nitrogens with two attached hydrogens (primary N) is 1. The lowest BCUT2D eigenvalue weighted by molar-refractivity contribution is 0.313. The molecule has 30 heavy (non-hydrogen) atoms. The van der Waals surface area contributed by atoms with Gasteiger partial charge >= 0.3 is 0 Å². The number of likely N-dealkylation sites (N-methyl/N-ethyl adjacent to an activating group) is 1. The van der Waals surface area contributed by atoms with Crippen LogP contribution in [0.15, 0.2) is 36.5 Å². The number of para-hydroxylation sites is 1. The predicted molar refractivity (Wildman–Crippen MR) is 124 cm³/mol. The van der Waals surface area contributed by atoms with Crippen molar-refractivity contribution in [3.05, 3.63) is 47.9 Å². The fraction of sp³-hybridized carbons (Fsp3) is 0.478. The van der Waals surface area contributed by atoms with E-state index in [2.05, 4.69) is 69.0 Å². The quantitative estimate of drug-likeness (QED) is 0.559. The smallest absolute Gasteiger partial charge is 0.179 e. The van der Waals surface area contributed by atoms with Crippen molar-refractivity contribution in [2.75, 3.05) is 56.1 Å². The van der Waals surface area contributed by atoms with Crippen LogP contribution in [0.5, 0.6) is 0 Å². The van der Waals surface area contributed by atoms with Gasteiger partial charge in [-0.25, -0.2) is 9.97 Å². The van der Waals surface area contributed by atoms with Crippen molar-refractivity contribution in [3.63, 3.8) is 0 Å². The molecule has 0 radical (unpaired) electrons. The normalized spacial score (nSPS) is 15.1. The molecule has 0 amide bonds. The van der Waals surface area contributed by atoms with Crippen molar-refractivity contribution < 1.29 is 0 Å². The van der Waals surface area contributed by atoms with Crippen LogP contribution in [0.2, 0.25) is 0 Å². The average Bonchev–Trinajstić information content (AvgIpc) is 3.17. The average molecular weight is 408 g/mol. The van der Waals surface area contributed by atoms with Gasteiger partial charge in [0.1, 0.15) is 11.3 Å². The summed E-state index contributed by atoms with van der Waals surface area (Å²) in [4.78, 5) is 20.2. The molecule has 0 spiro atoms. The summed E-state index contributed by atoms with van der Waals surface area (Å²) in [6, 6.07) is 10.6. The number of fused-ring (bicyclic) bond motifs is 1. The first-order chi connectivity index (χ1) is 14.7. The maximum absolute atomic E-state index is 5.73. The lowest BCUT2D eigenvalue weighted by atomic mass is 10.1. The molecule has 1 aliphatic heterocycles. The summed E-state index contributed by atoms with van der Waals surface area (Å²) in [6.45, 7) is 8.78. The third kappa shape index (κ3) is 4.57. The molecule has 0 bridgehead atoms. The largest absolute Gasteiger partial charge is 0.367 e. The molecule has 0 atom stereocenters. The maximum atomic E-state index is 5.73. The summed E-state index contributed by atoms with van der Waals surface area (Å²) >= 11 is 0. The first kappa shape index (κ1) is 20.6. The number of H-pyrrole nitrogens is 1. The Morgan fingerprint density at radius 1 is 1.10 bits per heavy atom. The molecule has 0 aliphatic carbocycles. The van der Waals surface area contributed by atoms with Crippen molar-refractivity contribution in [1.29, 1.82) is 0 Å². The van der Waals surface area contributed by atoms with Gasteiger partial charge in [-0.2, -0.15) is 0 Å². The van der Waals surface area contributed by atoms with Crippen LogP contribution in [-0.2, 0) is 6.54 Å². The van der Waals surface area contributed by atoms with Gasteiger partial charge in [-0.05, 0) is 51.1 Å². The van der Waals surface area contributed by atoms with Crippen molar-refractivity contribution in [2.45, 2.75) is 26.3 Å². The molecule has 7 heteroatoms. The minimum Gasteiger partial charge on any atom is -0.367 e. The van der Waals surface area contributed by atoms with Gasteiger partial charge in [0, 0.05) is 44.6 Å². The van der Waals surface area contributed by atoms with Crippen molar-refractivity contribution >= 4 is 22.5 Å². The molecule has 4 rings (SSSR count). The van der Waals surface area contributed by atoms with Gasteiger partial charge in [0.25, 0.3) is 0 Å². The van der Waals surface area contributed by atoms with Crippen LogP contribution in [0.1, 0.15) is 24.2 Å². The molecule has 1 aliphatic rings. The molecule has 1 aromatic carbocycles. The standard InChI is InChI=1S/C23H33N7/c1-18-7-3-4-8-19(18)30(12-6-5-10-24)17-21-26-22-20(9-11-25-23(22)27-21)29-15-13-28(2)14-16-29/h3-4,7-9,11H,5-6,10,12-17,24H2,1-2H3,(H,25,26,27). The molecular formula is C23H33N7. The van der Waals surface area contributed by atoms with E-state index in [4.69, 9.17) is 10.7 Å². The monoisotopic (exact) mass is 407 g/mol. The minimum absolute atomic E-state index is 0.727. The number of unbranched alkanes of at least 4 members (excludes halogenated alkanes) is 1. The number of nitrogens with one attached hydrogen (secondary N) is 1. The number of piperazine rings is 1. The number of anilines is 2. The predicted octanol–water partition coefficient (Wildman–Crippen LogP) is 2.76. The van der Waals surface area contributed by atoms with E-state index in [9.17, 15) is 0 Å². The number of aromatic amines is 1. The maximum Gasteiger partial charge on any atom is 0.179 e. The molecule has 160 valence electrons. The van der Waals surface area contributed by atoms with E-state index in [0.717, 1.165) is 75.6 Å². The Morgan fingerprint density at radius 2 is 1.90 bits per heavy atom. The number of hydrogen-bond acceptors (Lipinski definition) is 6. The van der Waals surface area contributed by atoms with Crippen molar-refractivity contribution in [2.24, 2.45) is 5.73 Å².